The number of thioether (sulfide) groups is 1. The molecule has 2 aliphatic rings. The molecule has 1 N–H and O–H groups in total. The number of carbonyl (C=O) groups excluding carboxylic acids is 2. The highest BCUT2D eigenvalue weighted by Crippen LogP contribution is 2.38. The zero-order valence-electron chi connectivity index (χ0n) is 19.7. The van der Waals surface area contributed by atoms with Gasteiger partial charge in [-0.15, -0.1) is 0 Å². The maximum Gasteiger partial charge on any atom is 0.262 e. The van der Waals surface area contributed by atoms with E-state index < -0.39 is 11.1 Å². The van der Waals surface area contributed by atoms with Crippen LogP contribution < -0.4 is 5.32 Å². The number of anilines is 1. The first-order valence-electron chi connectivity index (χ1n) is 11.9. The number of carbonyl (C=O) groups is 2. The minimum absolute atomic E-state index is 0.0635. The normalized spacial score (nSPS) is 19.3. The summed E-state index contributed by atoms with van der Waals surface area (Å²) in [7, 11) is 0. The van der Waals surface area contributed by atoms with Gasteiger partial charge in [-0.3, -0.25) is 9.59 Å². The summed E-state index contributed by atoms with van der Waals surface area (Å²) in [5.74, 6) is -1.18. The van der Waals surface area contributed by atoms with E-state index >= 15 is 0 Å². The Balaban J connectivity index is 1.35. The Labute approximate surface area is 213 Å². The van der Waals surface area contributed by atoms with Crippen molar-refractivity contribution in [3.63, 3.8) is 0 Å². The number of halogens is 1. The number of aliphatic imine (C=N–C) groups is 1. The highest BCUT2D eigenvalue weighted by atomic mass is 32.2. The van der Waals surface area contributed by atoms with Crippen LogP contribution in [0.1, 0.15) is 42.5 Å². The first kappa shape index (κ1) is 23.9. The second-order valence-corrected chi connectivity index (χ2v) is 9.84. The summed E-state index contributed by atoms with van der Waals surface area (Å²) < 4.78 is 13.4. The third-order valence-corrected chi connectivity index (χ3v) is 7.34. The highest BCUT2D eigenvalue weighted by molar-refractivity contribution is 8.15. The lowest BCUT2D eigenvalue weighted by Crippen LogP contribution is -2.25. The van der Waals surface area contributed by atoms with Gasteiger partial charge in [-0.2, -0.15) is 10.1 Å². The zero-order valence-corrected chi connectivity index (χ0v) is 20.5. The van der Waals surface area contributed by atoms with Gasteiger partial charge in [0, 0.05) is 18.5 Å². The van der Waals surface area contributed by atoms with Crippen molar-refractivity contribution in [1.82, 2.24) is 5.01 Å². The molecule has 8 heteroatoms. The summed E-state index contributed by atoms with van der Waals surface area (Å²) in [4.78, 5) is 29.6. The smallest absolute Gasteiger partial charge is 0.262 e. The molecule has 0 radical (unpaired) electrons. The molecule has 0 spiro atoms. The summed E-state index contributed by atoms with van der Waals surface area (Å²) in [5.41, 5.74) is 4.63. The van der Waals surface area contributed by atoms with Gasteiger partial charge in [0.2, 0.25) is 5.91 Å². The first-order valence-corrected chi connectivity index (χ1v) is 12.7. The minimum Gasteiger partial charge on any atom is -0.326 e. The number of amides is 2. The quantitative estimate of drug-likeness (QED) is 0.481. The van der Waals surface area contributed by atoms with Gasteiger partial charge in [0.1, 0.15) is 11.1 Å². The number of rotatable bonds is 6. The number of hydrogen-bond acceptors (Lipinski definition) is 5. The van der Waals surface area contributed by atoms with Gasteiger partial charge in [0.25, 0.3) is 5.91 Å². The van der Waals surface area contributed by atoms with Gasteiger partial charge < -0.3 is 5.32 Å². The van der Waals surface area contributed by atoms with Crippen molar-refractivity contribution < 1.29 is 14.0 Å². The topological polar surface area (TPSA) is 74.1 Å². The summed E-state index contributed by atoms with van der Waals surface area (Å²) in [6.07, 6.45) is 1.57. The molecule has 3 aromatic carbocycles. The molecule has 2 aliphatic heterocycles. The van der Waals surface area contributed by atoms with Crippen LogP contribution in [0.15, 0.2) is 89.0 Å². The zero-order chi connectivity index (χ0) is 25.1. The molecule has 0 saturated heterocycles. The van der Waals surface area contributed by atoms with Gasteiger partial charge in [-0.1, -0.05) is 79.3 Å². The van der Waals surface area contributed by atoms with Crippen molar-refractivity contribution in [3.8, 4) is 0 Å². The molecule has 0 bridgehead atoms. The molecule has 3 aromatic rings. The molecule has 2 atom stereocenters. The lowest BCUT2D eigenvalue weighted by atomic mass is 9.97. The molecular formula is C28H25FN4O2S. The SMILES string of the molecule is CCc1ccc([C@H]2CC(c3ccccc3)=NN2C2=NC(=O)[C@@H](CC(=O)Nc3cccc(F)c3)S2)cc1. The summed E-state index contributed by atoms with van der Waals surface area (Å²) in [6.45, 7) is 2.12. The van der Waals surface area contributed by atoms with Crippen molar-refractivity contribution in [2.45, 2.75) is 37.5 Å². The number of benzene rings is 3. The van der Waals surface area contributed by atoms with Crippen molar-refractivity contribution in [3.05, 3.63) is 101 Å². The van der Waals surface area contributed by atoms with E-state index in [0.29, 0.717) is 17.3 Å². The van der Waals surface area contributed by atoms with E-state index in [2.05, 4.69) is 41.5 Å². The second-order valence-electron chi connectivity index (χ2n) is 8.67. The van der Waals surface area contributed by atoms with E-state index in [1.54, 1.807) is 6.07 Å². The third kappa shape index (κ3) is 5.23. The van der Waals surface area contributed by atoms with Crippen molar-refractivity contribution >= 4 is 40.1 Å². The Kier molecular flexibility index (Phi) is 6.95. The number of hydrogen-bond donors (Lipinski definition) is 1. The van der Waals surface area contributed by atoms with Crippen molar-refractivity contribution in [1.29, 1.82) is 0 Å². The van der Waals surface area contributed by atoms with Crippen LogP contribution in [0, 0.1) is 5.82 Å². The average Bonchev–Trinajstić information content (AvgIpc) is 3.48. The predicted molar refractivity (Wildman–Crippen MR) is 141 cm³/mol. The largest absolute Gasteiger partial charge is 0.326 e. The molecular weight excluding hydrogens is 475 g/mol. The molecule has 0 fully saturated rings. The van der Waals surface area contributed by atoms with Gasteiger partial charge in [0.05, 0.1) is 11.8 Å². The molecule has 0 aromatic heterocycles. The van der Waals surface area contributed by atoms with Crippen LogP contribution in [0.4, 0.5) is 10.1 Å². The number of nitrogens with one attached hydrogen (secondary N) is 1. The summed E-state index contributed by atoms with van der Waals surface area (Å²) in [6, 6.07) is 24.0. The van der Waals surface area contributed by atoms with Crippen molar-refractivity contribution in [2.24, 2.45) is 10.1 Å². The van der Waals surface area contributed by atoms with Crippen LogP contribution >= 0.6 is 11.8 Å². The van der Waals surface area contributed by atoms with Gasteiger partial charge in [-0.05, 0) is 41.3 Å². The fourth-order valence-electron chi connectivity index (χ4n) is 4.28. The molecule has 2 amide bonds. The van der Waals surface area contributed by atoms with Crippen LogP contribution in [0.3, 0.4) is 0 Å². The Morgan fingerprint density at radius 1 is 1.08 bits per heavy atom. The number of nitrogens with zero attached hydrogens (tertiary/aromatic N) is 3. The molecule has 36 heavy (non-hydrogen) atoms. The fourth-order valence-corrected chi connectivity index (χ4v) is 5.34. The van der Waals surface area contributed by atoms with Crippen LogP contribution in [0.5, 0.6) is 0 Å². The molecule has 2 heterocycles. The Morgan fingerprint density at radius 2 is 1.86 bits per heavy atom. The molecule has 0 aliphatic carbocycles. The van der Waals surface area contributed by atoms with E-state index in [9.17, 15) is 14.0 Å². The van der Waals surface area contributed by atoms with E-state index in [-0.39, 0.29) is 24.3 Å². The monoisotopic (exact) mass is 500 g/mol. The predicted octanol–water partition coefficient (Wildman–Crippen LogP) is 5.57. The Morgan fingerprint density at radius 3 is 2.58 bits per heavy atom. The molecule has 5 rings (SSSR count). The lowest BCUT2D eigenvalue weighted by Gasteiger charge is -2.23. The lowest BCUT2D eigenvalue weighted by molar-refractivity contribution is -0.121. The Hall–Kier alpha value is -3.78. The maximum absolute atomic E-state index is 13.4. The van der Waals surface area contributed by atoms with Crippen molar-refractivity contribution in [2.75, 3.05) is 5.32 Å². The molecule has 0 unspecified atom stereocenters. The van der Waals surface area contributed by atoms with Crippen LogP contribution in [0.25, 0.3) is 0 Å². The van der Waals surface area contributed by atoms with E-state index in [4.69, 9.17) is 5.10 Å². The standard InChI is InChI=1S/C28H25FN4O2S/c1-2-18-11-13-20(14-12-18)24-16-23(19-7-4-3-5-8-19)32-33(24)28-31-27(35)25(36-28)17-26(34)30-22-10-6-9-21(29)15-22/h3-15,24-25H,2,16-17H2,1H3,(H,30,34)/t24-,25-/m1/s1. The molecule has 0 saturated carbocycles. The molecule has 6 nitrogen and oxygen atoms in total. The number of amidine groups is 1. The van der Waals surface area contributed by atoms with Crippen LogP contribution in [-0.4, -0.2) is 33.0 Å². The Bertz CT molecular complexity index is 1340. The highest BCUT2D eigenvalue weighted by Gasteiger charge is 2.39. The van der Waals surface area contributed by atoms with Gasteiger partial charge in [0.15, 0.2) is 5.17 Å². The first-order chi connectivity index (χ1) is 17.5. The van der Waals surface area contributed by atoms with Crippen LogP contribution in [-0.2, 0) is 16.0 Å². The van der Waals surface area contributed by atoms with E-state index in [1.807, 2.05) is 35.3 Å². The second kappa shape index (κ2) is 10.5. The average molecular weight is 501 g/mol. The number of aryl methyl sites for hydroxylation is 1. The minimum atomic E-state index is -0.660. The summed E-state index contributed by atoms with van der Waals surface area (Å²) in [5, 5.41) is 9.16. The maximum atomic E-state index is 13.4. The van der Waals surface area contributed by atoms with Gasteiger partial charge >= 0.3 is 0 Å². The number of hydrazone groups is 1. The third-order valence-electron chi connectivity index (χ3n) is 6.19. The van der Waals surface area contributed by atoms with E-state index in [1.165, 1.54) is 35.5 Å². The molecule has 182 valence electrons. The van der Waals surface area contributed by atoms with Crippen LogP contribution in [0.2, 0.25) is 0 Å². The van der Waals surface area contributed by atoms with Gasteiger partial charge in [-0.25, -0.2) is 9.40 Å². The van der Waals surface area contributed by atoms with E-state index in [0.717, 1.165) is 23.3 Å². The fraction of sp³-hybridized carbons (Fsp3) is 0.214. The summed E-state index contributed by atoms with van der Waals surface area (Å²) >= 11 is 1.25.